The summed E-state index contributed by atoms with van der Waals surface area (Å²) in [5.41, 5.74) is 1.02. The molecule has 0 saturated carbocycles. The zero-order valence-corrected chi connectivity index (χ0v) is 7.85. The van der Waals surface area contributed by atoms with Crippen molar-refractivity contribution < 1.29 is 4.79 Å². The molecule has 0 saturated heterocycles. The van der Waals surface area contributed by atoms with Gasteiger partial charge in [0.1, 0.15) is 6.29 Å². The molecule has 1 aromatic rings. The van der Waals surface area contributed by atoms with Gasteiger partial charge in [0.05, 0.1) is 5.38 Å². The van der Waals surface area contributed by atoms with Gasteiger partial charge in [0.2, 0.25) is 0 Å². The van der Waals surface area contributed by atoms with Crippen LogP contribution >= 0.6 is 23.2 Å². The lowest BCUT2D eigenvalue weighted by Gasteiger charge is -2.01. The lowest BCUT2D eigenvalue weighted by atomic mass is 10.1. The second-order valence-electron chi connectivity index (χ2n) is 2.48. The molecular formula is C9H8Cl2O. The van der Waals surface area contributed by atoms with Crippen molar-refractivity contribution in [1.29, 1.82) is 0 Å². The van der Waals surface area contributed by atoms with Crippen LogP contribution in [0.1, 0.15) is 5.56 Å². The largest absolute Gasteiger partial charge is 0.302 e. The average Bonchev–Trinajstić information content (AvgIpc) is 2.09. The van der Waals surface area contributed by atoms with Crippen molar-refractivity contribution in [3.8, 4) is 0 Å². The molecule has 0 N–H and O–H groups in total. The van der Waals surface area contributed by atoms with Crippen LogP contribution in [0.3, 0.4) is 0 Å². The molecule has 0 unspecified atom stereocenters. The van der Waals surface area contributed by atoms with E-state index in [0.717, 1.165) is 11.8 Å². The minimum atomic E-state index is -0.439. The average molecular weight is 203 g/mol. The summed E-state index contributed by atoms with van der Waals surface area (Å²) in [6.45, 7) is 0. The highest BCUT2D eigenvalue weighted by molar-refractivity contribution is 6.30. The first-order chi connectivity index (χ1) is 5.72. The second-order valence-corrected chi connectivity index (χ2v) is 3.48. The summed E-state index contributed by atoms with van der Waals surface area (Å²) in [6, 6.07) is 7.29. The Morgan fingerprint density at radius 1 is 1.33 bits per heavy atom. The van der Waals surface area contributed by atoms with E-state index in [1.165, 1.54) is 0 Å². The maximum Gasteiger partial charge on any atom is 0.138 e. The smallest absolute Gasteiger partial charge is 0.138 e. The molecule has 0 aliphatic carbocycles. The van der Waals surface area contributed by atoms with Crippen LogP contribution in [0.4, 0.5) is 0 Å². The third kappa shape index (κ3) is 2.84. The molecule has 0 amide bonds. The summed E-state index contributed by atoms with van der Waals surface area (Å²) in [6.07, 6.45) is 1.29. The highest BCUT2D eigenvalue weighted by Gasteiger charge is 2.02. The third-order valence-corrected chi connectivity index (χ3v) is 2.00. The topological polar surface area (TPSA) is 17.1 Å². The van der Waals surface area contributed by atoms with Crippen molar-refractivity contribution in [2.45, 2.75) is 11.8 Å². The molecule has 1 aromatic carbocycles. The first-order valence-corrected chi connectivity index (χ1v) is 4.37. The Bertz CT molecular complexity index is 256. The lowest BCUT2D eigenvalue weighted by molar-refractivity contribution is -0.107. The third-order valence-electron chi connectivity index (χ3n) is 1.49. The van der Waals surface area contributed by atoms with Crippen molar-refractivity contribution in [2.24, 2.45) is 0 Å². The predicted molar refractivity (Wildman–Crippen MR) is 50.9 cm³/mol. The molecular weight excluding hydrogens is 195 g/mol. The molecule has 0 radical (unpaired) electrons. The Kier molecular flexibility index (Phi) is 3.57. The van der Waals surface area contributed by atoms with Crippen molar-refractivity contribution in [2.75, 3.05) is 0 Å². The van der Waals surface area contributed by atoms with Gasteiger partial charge in [-0.3, -0.25) is 0 Å². The van der Waals surface area contributed by atoms with Gasteiger partial charge in [-0.05, 0) is 24.1 Å². The maximum absolute atomic E-state index is 10.2. The number of hydrogen-bond acceptors (Lipinski definition) is 1. The maximum atomic E-state index is 10.2. The van der Waals surface area contributed by atoms with Crippen LogP contribution in [-0.4, -0.2) is 11.7 Å². The zero-order chi connectivity index (χ0) is 8.97. The highest BCUT2D eigenvalue weighted by Crippen LogP contribution is 2.12. The summed E-state index contributed by atoms with van der Waals surface area (Å²) in [4.78, 5) is 10.2. The van der Waals surface area contributed by atoms with Crippen LogP contribution in [0.15, 0.2) is 24.3 Å². The number of hydrogen-bond donors (Lipinski definition) is 0. The molecule has 0 heterocycles. The Balaban J connectivity index is 2.64. The van der Waals surface area contributed by atoms with E-state index in [0.29, 0.717) is 11.4 Å². The number of rotatable bonds is 3. The number of benzene rings is 1. The van der Waals surface area contributed by atoms with Gasteiger partial charge in [-0.15, -0.1) is 11.6 Å². The number of carbonyl (C=O) groups excluding carboxylic acids is 1. The fourth-order valence-corrected chi connectivity index (χ4v) is 1.20. The first-order valence-electron chi connectivity index (χ1n) is 3.56. The quantitative estimate of drug-likeness (QED) is 0.545. The Morgan fingerprint density at radius 3 is 2.42 bits per heavy atom. The number of aldehydes is 1. The minimum Gasteiger partial charge on any atom is -0.302 e. The van der Waals surface area contributed by atoms with Gasteiger partial charge in [-0.1, -0.05) is 23.7 Å². The highest BCUT2D eigenvalue weighted by atomic mass is 35.5. The standard InChI is InChI=1S/C9H8Cl2O/c10-8-3-1-7(2-4-8)5-9(11)6-12/h1-4,6,9H,5H2/t9-/m0/s1. The van der Waals surface area contributed by atoms with E-state index in [-0.39, 0.29) is 0 Å². The monoisotopic (exact) mass is 202 g/mol. The molecule has 0 aliphatic heterocycles. The first kappa shape index (κ1) is 9.56. The number of halogens is 2. The number of alkyl halides is 1. The Hall–Kier alpha value is -0.530. The lowest BCUT2D eigenvalue weighted by Crippen LogP contribution is -2.03. The van der Waals surface area contributed by atoms with E-state index in [4.69, 9.17) is 23.2 Å². The van der Waals surface area contributed by atoms with Crippen molar-refractivity contribution >= 4 is 29.5 Å². The fraction of sp³-hybridized carbons (Fsp3) is 0.222. The summed E-state index contributed by atoms with van der Waals surface area (Å²) in [5, 5.41) is 0.252. The molecule has 1 atom stereocenters. The van der Waals surface area contributed by atoms with Crippen molar-refractivity contribution in [3.05, 3.63) is 34.9 Å². The molecule has 0 aliphatic rings. The van der Waals surface area contributed by atoms with Crippen molar-refractivity contribution in [1.82, 2.24) is 0 Å². The molecule has 12 heavy (non-hydrogen) atoms. The van der Waals surface area contributed by atoms with E-state index in [1.54, 1.807) is 12.1 Å². The summed E-state index contributed by atoms with van der Waals surface area (Å²) in [5.74, 6) is 0. The zero-order valence-electron chi connectivity index (χ0n) is 6.34. The Morgan fingerprint density at radius 2 is 1.92 bits per heavy atom. The predicted octanol–water partition coefficient (Wildman–Crippen LogP) is 2.69. The molecule has 3 heteroatoms. The van der Waals surface area contributed by atoms with Gasteiger partial charge in [0.15, 0.2) is 0 Å². The SMILES string of the molecule is O=C[C@@H](Cl)Cc1ccc(Cl)cc1. The molecule has 0 spiro atoms. The van der Waals surface area contributed by atoms with Crippen LogP contribution in [0.5, 0.6) is 0 Å². The van der Waals surface area contributed by atoms with Crippen LogP contribution < -0.4 is 0 Å². The van der Waals surface area contributed by atoms with Gasteiger partial charge in [-0.25, -0.2) is 0 Å². The second kappa shape index (κ2) is 4.48. The molecule has 0 bridgehead atoms. The minimum absolute atomic E-state index is 0.439. The normalized spacial score (nSPS) is 12.5. The molecule has 0 fully saturated rings. The van der Waals surface area contributed by atoms with Crippen LogP contribution in [-0.2, 0) is 11.2 Å². The van der Waals surface area contributed by atoms with Crippen LogP contribution in [0, 0.1) is 0 Å². The van der Waals surface area contributed by atoms with Gasteiger partial charge < -0.3 is 4.79 Å². The fourth-order valence-electron chi connectivity index (χ4n) is 0.894. The molecule has 1 nitrogen and oxygen atoms in total. The van der Waals surface area contributed by atoms with Gasteiger partial charge in [0, 0.05) is 5.02 Å². The van der Waals surface area contributed by atoms with Gasteiger partial charge in [0.25, 0.3) is 0 Å². The van der Waals surface area contributed by atoms with Gasteiger partial charge in [-0.2, -0.15) is 0 Å². The Labute approximate surface area is 81.3 Å². The summed E-state index contributed by atoms with van der Waals surface area (Å²) < 4.78 is 0. The van der Waals surface area contributed by atoms with E-state index in [9.17, 15) is 4.79 Å². The number of carbonyl (C=O) groups is 1. The summed E-state index contributed by atoms with van der Waals surface area (Å²) >= 11 is 11.3. The van der Waals surface area contributed by atoms with E-state index >= 15 is 0 Å². The molecule has 0 aromatic heterocycles. The van der Waals surface area contributed by atoms with Crippen LogP contribution in [0.25, 0.3) is 0 Å². The summed E-state index contributed by atoms with van der Waals surface area (Å²) in [7, 11) is 0. The molecule has 1 rings (SSSR count). The van der Waals surface area contributed by atoms with Gasteiger partial charge >= 0.3 is 0 Å². The van der Waals surface area contributed by atoms with E-state index in [1.807, 2.05) is 12.1 Å². The molecule has 64 valence electrons. The van der Waals surface area contributed by atoms with Crippen molar-refractivity contribution in [3.63, 3.8) is 0 Å². The van der Waals surface area contributed by atoms with Crippen LogP contribution in [0.2, 0.25) is 5.02 Å². The van der Waals surface area contributed by atoms with E-state index < -0.39 is 5.38 Å². The van der Waals surface area contributed by atoms with E-state index in [2.05, 4.69) is 0 Å².